The normalized spacial score (nSPS) is 10.6. The average molecular weight is 428 g/mol. The van der Waals surface area contributed by atoms with Crippen LogP contribution in [0.2, 0.25) is 0 Å². The van der Waals surface area contributed by atoms with Crippen LogP contribution in [0.4, 0.5) is 5.69 Å². The Hall–Kier alpha value is -3.10. The number of methoxy groups -OCH3 is 2. The highest BCUT2D eigenvalue weighted by atomic mass is 32.1. The molecule has 1 heterocycles. The average Bonchev–Trinajstić information content (AvgIpc) is 2.77. The van der Waals surface area contributed by atoms with Crippen molar-refractivity contribution in [1.29, 1.82) is 0 Å². The Balaban J connectivity index is 1.83. The van der Waals surface area contributed by atoms with Crippen LogP contribution in [0.15, 0.2) is 53.3 Å². The van der Waals surface area contributed by atoms with E-state index in [1.807, 2.05) is 47.4 Å². The zero-order chi connectivity index (χ0) is 21.5. The predicted octanol–water partition coefficient (Wildman–Crippen LogP) is 3.13. The van der Waals surface area contributed by atoms with E-state index in [2.05, 4.69) is 10.3 Å². The number of nitrogens with zero attached hydrogens (tertiary/aromatic N) is 1. The van der Waals surface area contributed by atoms with E-state index in [1.54, 1.807) is 20.3 Å². The van der Waals surface area contributed by atoms with Crippen LogP contribution in [0.3, 0.4) is 0 Å². The van der Waals surface area contributed by atoms with E-state index in [0.29, 0.717) is 35.9 Å². The van der Waals surface area contributed by atoms with Crippen LogP contribution in [0.25, 0.3) is 10.9 Å². The van der Waals surface area contributed by atoms with E-state index in [1.165, 1.54) is 0 Å². The third-order valence-electron chi connectivity index (χ3n) is 4.70. The standard InChI is InChI=1S/C22H25N3O4S/c1-28-18-6-4-17(5-7-18)23-22(30)25(10-3-11-26)14-16-12-15-13-19(29-2)8-9-20(15)24-21(16)27/h4-9,12-13,26H,3,10-11,14H2,1-2H3,(H,23,30)(H,24,27). The molecule has 0 aliphatic rings. The van der Waals surface area contributed by atoms with Crippen molar-refractivity contribution >= 4 is 33.9 Å². The van der Waals surface area contributed by atoms with Crippen LogP contribution in [-0.4, -0.2) is 47.5 Å². The van der Waals surface area contributed by atoms with Crippen LogP contribution in [0.1, 0.15) is 12.0 Å². The van der Waals surface area contributed by atoms with Crippen molar-refractivity contribution in [3.8, 4) is 11.5 Å². The lowest BCUT2D eigenvalue weighted by atomic mass is 10.1. The first kappa shape index (κ1) is 21.6. The fraction of sp³-hybridized carbons (Fsp3) is 0.273. The zero-order valence-corrected chi connectivity index (χ0v) is 17.8. The summed E-state index contributed by atoms with van der Waals surface area (Å²) in [5, 5.41) is 13.8. The lowest BCUT2D eigenvalue weighted by molar-refractivity contribution is 0.266. The Morgan fingerprint density at radius 3 is 2.47 bits per heavy atom. The lowest BCUT2D eigenvalue weighted by Crippen LogP contribution is -2.37. The molecule has 8 heteroatoms. The maximum Gasteiger partial charge on any atom is 0.253 e. The van der Waals surface area contributed by atoms with E-state index in [-0.39, 0.29) is 12.2 Å². The highest BCUT2D eigenvalue weighted by Crippen LogP contribution is 2.20. The first-order valence-corrected chi connectivity index (χ1v) is 9.95. The number of thiocarbonyl (C=S) groups is 1. The summed E-state index contributed by atoms with van der Waals surface area (Å²) in [6.07, 6.45) is 0.531. The number of aliphatic hydroxyl groups is 1. The molecule has 3 aromatic rings. The van der Waals surface area contributed by atoms with Gasteiger partial charge >= 0.3 is 0 Å². The molecule has 0 radical (unpaired) electrons. The van der Waals surface area contributed by atoms with E-state index >= 15 is 0 Å². The molecule has 158 valence electrons. The fourth-order valence-electron chi connectivity index (χ4n) is 3.07. The van der Waals surface area contributed by atoms with Gasteiger partial charge in [0.2, 0.25) is 0 Å². The largest absolute Gasteiger partial charge is 0.497 e. The molecule has 0 spiro atoms. The number of rotatable bonds is 8. The number of H-pyrrole nitrogens is 1. The van der Waals surface area contributed by atoms with E-state index in [0.717, 1.165) is 22.3 Å². The Bertz CT molecular complexity index is 1070. The van der Waals surface area contributed by atoms with Gasteiger partial charge in [-0.25, -0.2) is 0 Å². The number of benzene rings is 2. The first-order valence-electron chi connectivity index (χ1n) is 9.55. The van der Waals surface area contributed by atoms with Gasteiger partial charge in [-0.05, 0) is 67.2 Å². The summed E-state index contributed by atoms with van der Waals surface area (Å²) < 4.78 is 10.5. The highest BCUT2D eigenvalue weighted by Gasteiger charge is 2.14. The van der Waals surface area contributed by atoms with Crippen LogP contribution < -0.4 is 20.3 Å². The second kappa shape index (κ2) is 10.1. The number of anilines is 1. The van der Waals surface area contributed by atoms with Crippen molar-refractivity contribution in [3.05, 3.63) is 64.4 Å². The molecule has 7 nitrogen and oxygen atoms in total. The SMILES string of the molecule is COc1ccc(NC(=S)N(CCCO)Cc2cc3cc(OC)ccc3[nH]c2=O)cc1. The van der Waals surface area contributed by atoms with Gasteiger partial charge in [0, 0.05) is 35.3 Å². The van der Waals surface area contributed by atoms with Crippen molar-refractivity contribution in [2.45, 2.75) is 13.0 Å². The Kier molecular flexibility index (Phi) is 7.26. The Morgan fingerprint density at radius 2 is 1.80 bits per heavy atom. The van der Waals surface area contributed by atoms with Crippen LogP contribution in [0.5, 0.6) is 11.5 Å². The zero-order valence-electron chi connectivity index (χ0n) is 17.0. The van der Waals surface area contributed by atoms with Gasteiger partial charge < -0.3 is 29.8 Å². The smallest absolute Gasteiger partial charge is 0.253 e. The second-order valence-electron chi connectivity index (χ2n) is 6.73. The van der Waals surface area contributed by atoms with Gasteiger partial charge in [0.25, 0.3) is 5.56 Å². The number of pyridine rings is 1. The molecular formula is C22H25N3O4S. The summed E-state index contributed by atoms with van der Waals surface area (Å²) in [5.74, 6) is 1.47. The monoisotopic (exact) mass is 427 g/mol. The number of nitrogens with one attached hydrogen (secondary N) is 2. The second-order valence-corrected chi connectivity index (χ2v) is 7.12. The Labute approximate surface area is 180 Å². The molecule has 0 saturated heterocycles. The number of aromatic nitrogens is 1. The van der Waals surface area contributed by atoms with Gasteiger partial charge in [0.1, 0.15) is 11.5 Å². The first-order chi connectivity index (χ1) is 14.5. The molecule has 0 aliphatic carbocycles. The van der Waals surface area contributed by atoms with Gasteiger partial charge in [0.15, 0.2) is 5.11 Å². The minimum Gasteiger partial charge on any atom is -0.497 e. The van der Waals surface area contributed by atoms with Crippen molar-refractivity contribution in [2.24, 2.45) is 0 Å². The quantitative estimate of drug-likeness (QED) is 0.476. The van der Waals surface area contributed by atoms with Crippen LogP contribution in [-0.2, 0) is 6.54 Å². The molecule has 30 heavy (non-hydrogen) atoms. The molecule has 2 aromatic carbocycles. The summed E-state index contributed by atoms with van der Waals surface area (Å²) in [6, 6.07) is 14.8. The van der Waals surface area contributed by atoms with E-state index in [9.17, 15) is 9.90 Å². The highest BCUT2D eigenvalue weighted by molar-refractivity contribution is 7.80. The van der Waals surface area contributed by atoms with Gasteiger partial charge in [-0.3, -0.25) is 4.79 Å². The number of hydrogen-bond donors (Lipinski definition) is 3. The lowest BCUT2D eigenvalue weighted by Gasteiger charge is -2.25. The van der Waals surface area contributed by atoms with Gasteiger partial charge in [-0.1, -0.05) is 0 Å². The number of aromatic amines is 1. The summed E-state index contributed by atoms with van der Waals surface area (Å²) >= 11 is 5.58. The summed E-state index contributed by atoms with van der Waals surface area (Å²) in [4.78, 5) is 17.4. The molecule has 1 aromatic heterocycles. The summed E-state index contributed by atoms with van der Waals surface area (Å²) in [6.45, 7) is 0.853. The van der Waals surface area contributed by atoms with E-state index < -0.39 is 0 Å². The molecular weight excluding hydrogens is 402 g/mol. The van der Waals surface area contributed by atoms with E-state index in [4.69, 9.17) is 21.7 Å². The van der Waals surface area contributed by atoms with Crippen molar-refractivity contribution in [3.63, 3.8) is 0 Å². The third-order valence-corrected chi connectivity index (χ3v) is 5.06. The summed E-state index contributed by atoms with van der Waals surface area (Å²) in [5.41, 5.74) is 1.96. The van der Waals surface area contributed by atoms with Gasteiger partial charge in [0.05, 0.1) is 20.8 Å². The minimum absolute atomic E-state index is 0.0346. The number of aliphatic hydroxyl groups excluding tert-OH is 1. The van der Waals surface area contributed by atoms with Crippen LogP contribution in [0, 0.1) is 0 Å². The molecule has 3 rings (SSSR count). The van der Waals surface area contributed by atoms with Crippen LogP contribution >= 0.6 is 12.2 Å². The molecule has 0 saturated carbocycles. The van der Waals surface area contributed by atoms with Crippen molar-refractivity contribution < 1.29 is 14.6 Å². The fourth-order valence-corrected chi connectivity index (χ4v) is 3.34. The van der Waals surface area contributed by atoms with Gasteiger partial charge in [-0.15, -0.1) is 0 Å². The van der Waals surface area contributed by atoms with Crippen molar-refractivity contribution in [2.75, 3.05) is 32.7 Å². The molecule has 0 atom stereocenters. The number of ether oxygens (including phenoxy) is 2. The number of fused-ring (bicyclic) bond motifs is 1. The minimum atomic E-state index is -0.172. The van der Waals surface area contributed by atoms with Crippen molar-refractivity contribution in [1.82, 2.24) is 9.88 Å². The number of hydrogen-bond acceptors (Lipinski definition) is 5. The third kappa shape index (κ3) is 5.28. The molecule has 3 N–H and O–H groups in total. The Morgan fingerprint density at radius 1 is 1.10 bits per heavy atom. The summed E-state index contributed by atoms with van der Waals surface area (Å²) in [7, 11) is 3.22. The molecule has 0 amide bonds. The molecule has 0 fully saturated rings. The molecule has 0 aliphatic heterocycles. The topological polar surface area (TPSA) is 86.8 Å². The molecule has 0 bridgehead atoms. The molecule has 0 unspecified atom stereocenters. The predicted molar refractivity (Wildman–Crippen MR) is 122 cm³/mol. The van der Waals surface area contributed by atoms with Gasteiger partial charge in [-0.2, -0.15) is 0 Å². The maximum atomic E-state index is 12.6. The maximum absolute atomic E-state index is 12.6.